The minimum absolute atomic E-state index is 0.410. The van der Waals surface area contributed by atoms with Crippen LogP contribution in [0.5, 0.6) is 5.75 Å². The second kappa shape index (κ2) is 8.52. The lowest BCUT2D eigenvalue weighted by Crippen LogP contribution is -2.34. The second-order valence-corrected chi connectivity index (χ2v) is 7.29. The van der Waals surface area contributed by atoms with Crippen LogP contribution in [0.4, 0.5) is 0 Å². The Morgan fingerprint density at radius 3 is 2.82 bits per heavy atom. The third-order valence-corrected chi connectivity index (χ3v) is 5.41. The van der Waals surface area contributed by atoms with Crippen LogP contribution in [-0.4, -0.2) is 44.6 Å². The van der Waals surface area contributed by atoms with Gasteiger partial charge >= 0.3 is 0 Å². The molecule has 4 rings (SSSR count). The van der Waals surface area contributed by atoms with Crippen LogP contribution in [-0.2, 0) is 13.0 Å². The molecule has 0 saturated carbocycles. The molecule has 0 radical (unpaired) electrons. The van der Waals surface area contributed by atoms with Crippen molar-refractivity contribution in [3.63, 3.8) is 0 Å². The van der Waals surface area contributed by atoms with Gasteiger partial charge in [-0.05, 0) is 37.1 Å². The predicted molar refractivity (Wildman–Crippen MR) is 109 cm³/mol. The number of hydrogen-bond acceptors (Lipinski definition) is 5. The second-order valence-electron chi connectivity index (χ2n) is 7.29. The Kier molecular flexibility index (Phi) is 5.67. The van der Waals surface area contributed by atoms with Crippen molar-refractivity contribution in [3.05, 3.63) is 66.1 Å². The largest absolute Gasteiger partial charge is 0.497 e. The van der Waals surface area contributed by atoms with E-state index in [1.54, 1.807) is 7.11 Å². The number of piperidine rings is 1. The zero-order valence-corrected chi connectivity index (χ0v) is 16.6. The zero-order chi connectivity index (χ0) is 19.3. The van der Waals surface area contributed by atoms with Gasteiger partial charge in [0.2, 0.25) is 0 Å². The van der Waals surface area contributed by atoms with E-state index in [0.29, 0.717) is 5.92 Å². The fourth-order valence-corrected chi connectivity index (χ4v) is 3.92. The molecule has 1 aliphatic rings. The molecule has 1 aromatic carbocycles. The summed E-state index contributed by atoms with van der Waals surface area (Å²) < 4.78 is 7.29. The Morgan fingerprint density at radius 1 is 1.18 bits per heavy atom. The average Bonchev–Trinajstić information content (AvgIpc) is 3.24. The lowest BCUT2D eigenvalue weighted by atomic mass is 9.94. The van der Waals surface area contributed by atoms with Crippen molar-refractivity contribution in [1.29, 1.82) is 0 Å². The Morgan fingerprint density at radius 2 is 2.04 bits per heavy atom. The molecule has 146 valence electrons. The van der Waals surface area contributed by atoms with Crippen molar-refractivity contribution in [1.82, 2.24) is 24.4 Å². The van der Waals surface area contributed by atoms with E-state index in [0.717, 1.165) is 55.6 Å². The van der Waals surface area contributed by atoms with Crippen molar-refractivity contribution in [3.8, 4) is 11.6 Å². The smallest absolute Gasteiger partial charge is 0.156 e. The van der Waals surface area contributed by atoms with Gasteiger partial charge in [-0.1, -0.05) is 19.1 Å². The molecule has 3 aromatic rings. The Bertz CT molecular complexity index is 905. The van der Waals surface area contributed by atoms with Crippen molar-refractivity contribution < 1.29 is 4.74 Å². The molecule has 0 amide bonds. The maximum atomic E-state index is 5.26. The Labute approximate surface area is 166 Å². The normalized spacial score (nSPS) is 17.6. The molecule has 1 atom stereocenters. The SMILES string of the molecule is CCc1nccn1-c1cncc(C2CCCN(Cc3ccc(OC)cc3)C2)n1. The number of aryl methyl sites for hydroxylation is 1. The average molecular weight is 377 g/mol. The van der Waals surface area contributed by atoms with Crippen LogP contribution in [0.2, 0.25) is 0 Å². The van der Waals surface area contributed by atoms with E-state index in [4.69, 9.17) is 9.72 Å². The number of rotatable bonds is 6. The van der Waals surface area contributed by atoms with Gasteiger partial charge in [0.15, 0.2) is 5.82 Å². The van der Waals surface area contributed by atoms with Gasteiger partial charge in [0.25, 0.3) is 0 Å². The topological polar surface area (TPSA) is 56.1 Å². The summed E-state index contributed by atoms with van der Waals surface area (Å²) in [6.45, 7) is 5.19. The molecule has 6 heteroatoms. The third-order valence-electron chi connectivity index (χ3n) is 5.41. The van der Waals surface area contributed by atoms with Gasteiger partial charge in [-0.3, -0.25) is 14.5 Å². The first-order chi connectivity index (χ1) is 13.8. The van der Waals surface area contributed by atoms with Gasteiger partial charge in [-0.15, -0.1) is 0 Å². The first-order valence-corrected chi connectivity index (χ1v) is 9.96. The van der Waals surface area contributed by atoms with Gasteiger partial charge in [-0.25, -0.2) is 9.97 Å². The first kappa shape index (κ1) is 18.6. The van der Waals surface area contributed by atoms with Gasteiger partial charge in [-0.2, -0.15) is 0 Å². The Hall–Kier alpha value is -2.73. The number of imidazole rings is 1. The highest BCUT2D eigenvalue weighted by atomic mass is 16.5. The van der Waals surface area contributed by atoms with Crippen LogP contribution in [0.15, 0.2) is 49.1 Å². The molecule has 3 heterocycles. The van der Waals surface area contributed by atoms with E-state index < -0.39 is 0 Å². The molecular formula is C22H27N5O. The third kappa shape index (κ3) is 4.07. The number of hydrogen-bond donors (Lipinski definition) is 0. The highest BCUT2D eigenvalue weighted by Gasteiger charge is 2.23. The molecule has 1 aliphatic heterocycles. The minimum atomic E-state index is 0.410. The Balaban J connectivity index is 1.47. The van der Waals surface area contributed by atoms with Crippen LogP contribution in [0.1, 0.15) is 42.8 Å². The molecule has 28 heavy (non-hydrogen) atoms. The number of methoxy groups -OCH3 is 1. The summed E-state index contributed by atoms with van der Waals surface area (Å²) in [5, 5.41) is 0. The van der Waals surface area contributed by atoms with Crippen LogP contribution >= 0.6 is 0 Å². The maximum absolute atomic E-state index is 5.26. The maximum Gasteiger partial charge on any atom is 0.156 e. The predicted octanol–water partition coefficient (Wildman–Crippen LogP) is 3.61. The van der Waals surface area contributed by atoms with Crippen molar-refractivity contribution >= 4 is 0 Å². The molecule has 0 bridgehead atoms. The fourth-order valence-electron chi connectivity index (χ4n) is 3.92. The zero-order valence-electron chi connectivity index (χ0n) is 16.6. The van der Waals surface area contributed by atoms with Crippen molar-refractivity contribution in [2.75, 3.05) is 20.2 Å². The lowest BCUT2D eigenvalue weighted by molar-refractivity contribution is 0.198. The van der Waals surface area contributed by atoms with E-state index in [9.17, 15) is 0 Å². The van der Waals surface area contributed by atoms with E-state index in [1.165, 1.54) is 12.0 Å². The van der Waals surface area contributed by atoms with Crippen LogP contribution in [0, 0.1) is 0 Å². The van der Waals surface area contributed by atoms with E-state index >= 15 is 0 Å². The molecule has 1 fully saturated rings. The highest BCUT2D eigenvalue weighted by molar-refractivity contribution is 5.27. The van der Waals surface area contributed by atoms with Gasteiger partial charge in [0.1, 0.15) is 11.6 Å². The van der Waals surface area contributed by atoms with E-state index in [2.05, 4.69) is 33.9 Å². The molecule has 2 aromatic heterocycles. The summed E-state index contributed by atoms with van der Waals surface area (Å²) >= 11 is 0. The minimum Gasteiger partial charge on any atom is -0.497 e. The number of aromatic nitrogens is 4. The van der Waals surface area contributed by atoms with Gasteiger partial charge in [0.05, 0.1) is 19.0 Å². The fraction of sp³-hybridized carbons (Fsp3) is 0.409. The molecule has 1 unspecified atom stereocenters. The van der Waals surface area contributed by atoms with E-state index in [-0.39, 0.29) is 0 Å². The van der Waals surface area contributed by atoms with Crippen molar-refractivity contribution in [2.45, 2.75) is 38.6 Å². The molecule has 0 aliphatic carbocycles. The van der Waals surface area contributed by atoms with Gasteiger partial charge < -0.3 is 4.74 Å². The lowest BCUT2D eigenvalue weighted by Gasteiger charge is -2.32. The van der Waals surface area contributed by atoms with E-state index in [1.807, 2.05) is 41.5 Å². The summed E-state index contributed by atoms with van der Waals surface area (Å²) in [7, 11) is 1.70. The summed E-state index contributed by atoms with van der Waals surface area (Å²) in [5.41, 5.74) is 2.39. The molecule has 0 spiro atoms. The summed E-state index contributed by atoms with van der Waals surface area (Å²) in [6, 6.07) is 8.35. The van der Waals surface area contributed by atoms with Crippen molar-refractivity contribution in [2.24, 2.45) is 0 Å². The van der Waals surface area contributed by atoms with Crippen LogP contribution in [0.25, 0.3) is 5.82 Å². The molecule has 0 N–H and O–H groups in total. The van der Waals surface area contributed by atoms with Gasteiger partial charge in [0, 0.05) is 44.0 Å². The first-order valence-electron chi connectivity index (χ1n) is 9.96. The number of nitrogens with zero attached hydrogens (tertiary/aromatic N) is 5. The quantitative estimate of drug-likeness (QED) is 0.657. The molecule has 6 nitrogen and oxygen atoms in total. The molecule has 1 saturated heterocycles. The number of ether oxygens (including phenoxy) is 1. The van der Waals surface area contributed by atoms with Crippen LogP contribution in [0.3, 0.4) is 0 Å². The number of likely N-dealkylation sites (tertiary alicyclic amines) is 1. The summed E-state index contributed by atoms with van der Waals surface area (Å²) in [6.07, 6.45) is 10.7. The monoisotopic (exact) mass is 377 g/mol. The number of benzene rings is 1. The molecular weight excluding hydrogens is 350 g/mol. The highest BCUT2D eigenvalue weighted by Crippen LogP contribution is 2.27. The summed E-state index contributed by atoms with van der Waals surface area (Å²) in [5.74, 6) is 3.18. The van der Waals surface area contributed by atoms with Crippen LogP contribution < -0.4 is 4.74 Å². The standard InChI is InChI=1S/C22H27N5O/c1-3-21-24-10-12-27(21)22-14-23-13-20(25-22)18-5-4-11-26(16-18)15-17-6-8-19(28-2)9-7-17/h6-10,12-14,18H,3-5,11,15-16H2,1-2H3. The summed E-state index contributed by atoms with van der Waals surface area (Å²) in [4.78, 5) is 16.3.